The first-order valence-corrected chi connectivity index (χ1v) is 11.3. The summed E-state index contributed by atoms with van der Waals surface area (Å²) in [4.78, 5) is 42.5. The van der Waals surface area contributed by atoms with Crippen molar-refractivity contribution in [3.05, 3.63) is 59.0 Å². The van der Waals surface area contributed by atoms with E-state index in [1.165, 1.54) is 0 Å². The monoisotopic (exact) mass is 454 g/mol. The maximum absolute atomic E-state index is 13.2. The van der Waals surface area contributed by atoms with E-state index in [2.05, 4.69) is 0 Å². The fraction of sp³-hybridized carbons (Fsp3) is 0.480. The molecule has 2 aromatic rings. The molecule has 2 atom stereocenters. The highest BCUT2D eigenvalue weighted by atomic mass is 16.5. The summed E-state index contributed by atoms with van der Waals surface area (Å²) in [6, 6.07) is 11.2. The quantitative estimate of drug-likeness (QED) is 0.697. The Kier molecular flexibility index (Phi) is 6.30. The molecule has 1 N–H and O–H groups in total. The molecule has 2 fully saturated rings. The lowest BCUT2D eigenvalue weighted by Crippen LogP contribution is -2.58. The molecule has 8 heteroatoms. The number of carbonyl (C=O) groups excluding carboxylic acids is 3. The highest BCUT2D eigenvalue weighted by Crippen LogP contribution is 2.45. The number of benzene rings is 1. The van der Waals surface area contributed by atoms with Crippen LogP contribution in [-0.4, -0.2) is 64.0 Å². The number of piperidine rings is 1. The highest BCUT2D eigenvalue weighted by Gasteiger charge is 2.62. The van der Waals surface area contributed by atoms with Crippen molar-refractivity contribution in [1.29, 1.82) is 0 Å². The largest absolute Gasteiger partial charge is 0.466 e. The van der Waals surface area contributed by atoms with Gasteiger partial charge in [-0.1, -0.05) is 30.3 Å². The van der Waals surface area contributed by atoms with Crippen molar-refractivity contribution in [2.75, 3.05) is 19.7 Å². The van der Waals surface area contributed by atoms with Crippen LogP contribution >= 0.6 is 0 Å². The third-order valence-electron chi connectivity index (χ3n) is 6.86. The molecule has 1 spiro atoms. The average molecular weight is 455 g/mol. The minimum Gasteiger partial charge on any atom is -0.466 e. The minimum atomic E-state index is -1.46. The Bertz CT molecular complexity index is 1040. The van der Waals surface area contributed by atoms with Gasteiger partial charge < -0.3 is 24.1 Å². The molecule has 3 heterocycles. The van der Waals surface area contributed by atoms with Gasteiger partial charge in [0.2, 0.25) is 0 Å². The first-order chi connectivity index (χ1) is 15.8. The summed E-state index contributed by atoms with van der Waals surface area (Å²) in [6.45, 7) is 6.40. The number of furan rings is 1. The van der Waals surface area contributed by atoms with Gasteiger partial charge in [0.25, 0.3) is 11.8 Å². The average Bonchev–Trinajstić information content (AvgIpc) is 3.24. The number of nitrogens with zero attached hydrogens (tertiary/aromatic N) is 2. The van der Waals surface area contributed by atoms with Gasteiger partial charge in [0.15, 0.2) is 0 Å². The zero-order chi connectivity index (χ0) is 23.8. The number of aliphatic hydroxyl groups excluding tert-OH is 1. The van der Waals surface area contributed by atoms with Crippen LogP contribution in [0.25, 0.3) is 0 Å². The normalized spacial score (nSPS) is 22.1. The summed E-state index contributed by atoms with van der Waals surface area (Å²) in [7, 11) is 0. The van der Waals surface area contributed by atoms with Gasteiger partial charge in [-0.2, -0.15) is 0 Å². The molecule has 8 nitrogen and oxygen atoms in total. The molecule has 4 rings (SSSR count). The lowest BCUT2D eigenvalue weighted by molar-refractivity contribution is -0.156. The zero-order valence-corrected chi connectivity index (χ0v) is 19.2. The van der Waals surface area contributed by atoms with Gasteiger partial charge in [0.05, 0.1) is 17.7 Å². The van der Waals surface area contributed by atoms with Crippen LogP contribution in [0.5, 0.6) is 0 Å². The van der Waals surface area contributed by atoms with Crippen LogP contribution in [0, 0.1) is 19.8 Å². The van der Waals surface area contributed by atoms with E-state index in [1.807, 2.05) is 30.3 Å². The molecular formula is C25H30N2O6. The fourth-order valence-corrected chi connectivity index (χ4v) is 5.26. The number of amides is 2. The molecule has 176 valence electrons. The zero-order valence-electron chi connectivity index (χ0n) is 19.2. The highest BCUT2D eigenvalue weighted by molar-refractivity contribution is 5.96. The Morgan fingerprint density at radius 1 is 1.18 bits per heavy atom. The van der Waals surface area contributed by atoms with E-state index in [9.17, 15) is 19.5 Å². The number of esters is 1. The molecule has 0 aliphatic carbocycles. The first-order valence-electron chi connectivity index (χ1n) is 11.3. The van der Waals surface area contributed by atoms with Gasteiger partial charge in [0, 0.05) is 19.6 Å². The van der Waals surface area contributed by atoms with Crippen LogP contribution < -0.4 is 0 Å². The Morgan fingerprint density at radius 2 is 1.85 bits per heavy atom. The van der Waals surface area contributed by atoms with Gasteiger partial charge in [-0.15, -0.1) is 0 Å². The Morgan fingerprint density at radius 3 is 2.42 bits per heavy atom. The van der Waals surface area contributed by atoms with Gasteiger partial charge in [-0.05, 0) is 45.2 Å². The summed E-state index contributed by atoms with van der Waals surface area (Å²) < 4.78 is 10.8. The number of aryl methyl sites for hydroxylation is 2. The van der Waals surface area contributed by atoms with Crippen molar-refractivity contribution in [3.8, 4) is 0 Å². The predicted molar refractivity (Wildman–Crippen MR) is 119 cm³/mol. The third-order valence-corrected chi connectivity index (χ3v) is 6.86. The van der Waals surface area contributed by atoms with E-state index in [1.54, 1.807) is 36.6 Å². The molecular weight excluding hydrogens is 424 g/mol. The van der Waals surface area contributed by atoms with E-state index in [-0.39, 0.29) is 19.1 Å². The van der Waals surface area contributed by atoms with Crippen LogP contribution in [-0.2, 0) is 20.9 Å². The van der Waals surface area contributed by atoms with Crippen LogP contribution in [0.1, 0.15) is 47.2 Å². The van der Waals surface area contributed by atoms with Crippen LogP contribution in [0.15, 0.2) is 40.8 Å². The van der Waals surface area contributed by atoms with Crippen molar-refractivity contribution in [2.24, 2.45) is 5.92 Å². The Labute approximate surface area is 193 Å². The number of rotatable bonds is 5. The van der Waals surface area contributed by atoms with Crippen molar-refractivity contribution in [3.63, 3.8) is 0 Å². The van der Waals surface area contributed by atoms with E-state index >= 15 is 0 Å². The second-order valence-corrected chi connectivity index (χ2v) is 8.81. The van der Waals surface area contributed by atoms with Gasteiger partial charge in [0.1, 0.15) is 23.5 Å². The van der Waals surface area contributed by atoms with Crippen molar-refractivity contribution in [2.45, 2.75) is 51.8 Å². The molecule has 2 aliphatic rings. The molecule has 33 heavy (non-hydrogen) atoms. The van der Waals surface area contributed by atoms with Crippen molar-refractivity contribution < 1.29 is 28.6 Å². The number of hydrogen-bond donors (Lipinski definition) is 1. The number of carbonyl (C=O) groups is 3. The second-order valence-electron chi connectivity index (χ2n) is 8.81. The molecule has 1 aromatic heterocycles. The predicted octanol–water partition coefficient (Wildman–Crippen LogP) is 2.45. The van der Waals surface area contributed by atoms with Crippen molar-refractivity contribution in [1.82, 2.24) is 9.80 Å². The summed E-state index contributed by atoms with van der Waals surface area (Å²) in [5.41, 5.74) is 0.510. The SMILES string of the molecule is CCOC(=O)[C@@H]1[C@@H](O)C(=O)N(Cc2ccccc2)C12CCN(C(=O)c1cc(C)oc1C)CC2. The fourth-order valence-electron chi connectivity index (χ4n) is 5.26. The first kappa shape index (κ1) is 23.0. The molecule has 1 aromatic carbocycles. The molecule has 2 saturated heterocycles. The lowest BCUT2D eigenvalue weighted by atomic mass is 9.75. The second kappa shape index (κ2) is 9.02. The molecule has 2 amide bonds. The van der Waals surface area contributed by atoms with E-state index in [0.717, 1.165) is 5.56 Å². The standard InChI is InChI=1S/C25H30N2O6/c1-4-32-24(31)20-21(28)23(30)27(15-18-8-6-5-7-9-18)25(20)10-12-26(13-11-25)22(29)19-14-16(2)33-17(19)3/h5-9,14,20-21,28H,4,10-13,15H2,1-3H3/t20-,21+/m0/s1. The van der Waals surface area contributed by atoms with Crippen LogP contribution in [0.3, 0.4) is 0 Å². The van der Waals surface area contributed by atoms with Gasteiger partial charge in [-0.25, -0.2) is 0 Å². The van der Waals surface area contributed by atoms with Crippen LogP contribution in [0.2, 0.25) is 0 Å². The number of aliphatic hydroxyl groups is 1. The molecule has 2 aliphatic heterocycles. The minimum absolute atomic E-state index is 0.133. The Hall–Kier alpha value is -3.13. The van der Waals surface area contributed by atoms with Gasteiger partial charge >= 0.3 is 5.97 Å². The van der Waals surface area contributed by atoms with E-state index in [0.29, 0.717) is 43.0 Å². The smallest absolute Gasteiger partial charge is 0.314 e. The third kappa shape index (κ3) is 4.04. The topological polar surface area (TPSA) is 100 Å². The molecule has 0 bridgehead atoms. The number of ether oxygens (including phenoxy) is 1. The van der Waals surface area contributed by atoms with E-state index in [4.69, 9.17) is 9.15 Å². The summed E-state index contributed by atoms with van der Waals surface area (Å²) in [6.07, 6.45) is -0.727. The molecule has 0 saturated carbocycles. The maximum atomic E-state index is 13.2. The van der Waals surface area contributed by atoms with Gasteiger partial charge in [-0.3, -0.25) is 14.4 Å². The molecule has 0 radical (unpaired) electrons. The lowest BCUT2D eigenvalue weighted by Gasteiger charge is -2.47. The maximum Gasteiger partial charge on any atom is 0.314 e. The van der Waals surface area contributed by atoms with Crippen molar-refractivity contribution >= 4 is 17.8 Å². The number of likely N-dealkylation sites (tertiary alicyclic amines) is 2. The Balaban J connectivity index is 1.63. The summed E-state index contributed by atoms with van der Waals surface area (Å²) >= 11 is 0. The van der Waals surface area contributed by atoms with Crippen LogP contribution in [0.4, 0.5) is 0 Å². The molecule has 0 unspecified atom stereocenters. The summed E-state index contributed by atoms with van der Waals surface area (Å²) in [5, 5.41) is 10.8. The summed E-state index contributed by atoms with van der Waals surface area (Å²) in [5.74, 6) is -0.937. The van der Waals surface area contributed by atoms with E-state index < -0.39 is 29.4 Å². The number of hydrogen-bond acceptors (Lipinski definition) is 6.